The Morgan fingerprint density at radius 1 is 1.30 bits per heavy atom. The highest BCUT2D eigenvalue weighted by molar-refractivity contribution is 7.87. The normalized spacial score (nSPS) is 15.2. The summed E-state index contributed by atoms with van der Waals surface area (Å²) in [5, 5.41) is -5.49. The van der Waals surface area contributed by atoms with E-state index in [-0.39, 0.29) is 25.6 Å². The summed E-state index contributed by atoms with van der Waals surface area (Å²) in [7, 11) is -6.15. The quantitative estimate of drug-likeness (QED) is 0.306. The number of rotatable bonds is 9. The first-order chi connectivity index (χ1) is 8.83. The second kappa shape index (κ2) is 6.86. The smallest absolute Gasteiger partial charge is 0.374 e. The Bertz CT molecular complexity index is 434. The Morgan fingerprint density at radius 3 is 2.20 bits per heavy atom. The first kappa shape index (κ1) is 19.3. The zero-order valence-electron chi connectivity index (χ0n) is 11.2. The highest BCUT2D eigenvalue weighted by Gasteiger charge is 2.64. The van der Waals surface area contributed by atoms with E-state index in [2.05, 4.69) is 6.58 Å². The SMILES string of the molecule is C=C(C)C(C)OCCCCC(F)(F)C(F)(F)S(=O)(=O)O. The van der Waals surface area contributed by atoms with Crippen LogP contribution in [-0.4, -0.2) is 36.9 Å². The Hall–Kier alpha value is -0.670. The van der Waals surface area contributed by atoms with E-state index < -0.39 is 27.7 Å². The molecule has 0 saturated carbocycles. The molecule has 0 spiro atoms. The summed E-state index contributed by atoms with van der Waals surface area (Å²) in [5.41, 5.74) is 0.730. The molecule has 9 heteroatoms. The fourth-order valence-electron chi connectivity index (χ4n) is 1.19. The molecule has 0 fully saturated rings. The molecule has 1 N–H and O–H groups in total. The monoisotopic (exact) mass is 322 g/mol. The van der Waals surface area contributed by atoms with E-state index in [0.717, 1.165) is 5.57 Å². The molecule has 4 nitrogen and oxygen atoms in total. The maximum atomic E-state index is 13.1. The minimum atomic E-state index is -6.15. The van der Waals surface area contributed by atoms with Gasteiger partial charge in [-0.3, -0.25) is 4.55 Å². The number of ether oxygens (including phenoxy) is 1. The molecule has 20 heavy (non-hydrogen) atoms. The van der Waals surface area contributed by atoms with Gasteiger partial charge >= 0.3 is 21.3 Å². The van der Waals surface area contributed by atoms with Crippen molar-refractivity contribution in [1.29, 1.82) is 0 Å². The van der Waals surface area contributed by atoms with E-state index in [0.29, 0.717) is 0 Å². The van der Waals surface area contributed by atoms with Crippen molar-refractivity contribution in [3.63, 3.8) is 0 Å². The van der Waals surface area contributed by atoms with Crippen LogP contribution in [0.25, 0.3) is 0 Å². The minimum absolute atomic E-state index is 0.0504. The van der Waals surface area contributed by atoms with Crippen LogP contribution in [0.4, 0.5) is 17.6 Å². The predicted molar refractivity (Wildman–Crippen MR) is 65.5 cm³/mol. The van der Waals surface area contributed by atoms with Gasteiger partial charge in [-0.05, 0) is 26.7 Å². The van der Waals surface area contributed by atoms with E-state index in [1.807, 2.05) is 0 Å². The number of alkyl halides is 4. The number of unbranched alkanes of at least 4 members (excludes halogenated alkanes) is 1. The fraction of sp³-hybridized carbons (Fsp3) is 0.818. The topological polar surface area (TPSA) is 63.6 Å². The first-order valence-electron chi connectivity index (χ1n) is 5.82. The van der Waals surface area contributed by atoms with Gasteiger partial charge in [0.1, 0.15) is 0 Å². The maximum absolute atomic E-state index is 13.1. The van der Waals surface area contributed by atoms with Gasteiger partial charge in [0.2, 0.25) is 0 Å². The minimum Gasteiger partial charge on any atom is -0.374 e. The van der Waals surface area contributed by atoms with E-state index in [9.17, 15) is 26.0 Å². The van der Waals surface area contributed by atoms with Gasteiger partial charge in [-0.15, -0.1) is 0 Å². The van der Waals surface area contributed by atoms with Crippen molar-refractivity contribution in [1.82, 2.24) is 0 Å². The van der Waals surface area contributed by atoms with Crippen molar-refractivity contribution >= 4 is 10.1 Å². The van der Waals surface area contributed by atoms with Crippen LogP contribution in [0.1, 0.15) is 33.1 Å². The lowest BCUT2D eigenvalue weighted by atomic mass is 10.1. The van der Waals surface area contributed by atoms with Crippen LogP contribution in [0.3, 0.4) is 0 Å². The van der Waals surface area contributed by atoms with Crippen molar-refractivity contribution in [2.75, 3.05) is 6.61 Å². The van der Waals surface area contributed by atoms with Crippen LogP contribution in [0.5, 0.6) is 0 Å². The average molecular weight is 322 g/mol. The third-order valence-electron chi connectivity index (χ3n) is 2.70. The van der Waals surface area contributed by atoms with Gasteiger partial charge in [0.15, 0.2) is 0 Å². The van der Waals surface area contributed by atoms with Gasteiger partial charge in [0.25, 0.3) is 0 Å². The molecule has 0 aromatic carbocycles. The molecular weight excluding hydrogens is 304 g/mol. The molecule has 0 radical (unpaired) electrons. The maximum Gasteiger partial charge on any atom is 0.431 e. The standard InChI is InChI=1S/C11H18F4O4S/c1-8(2)9(3)19-7-5-4-6-10(12,13)11(14,15)20(16,17)18/h9H,1,4-7H2,2-3H3,(H,16,17,18). The van der Waals surface area contributed by atoms with Crippen molar-refractivity contribution in [3.05, 3.63) is 12.2 Å². The zero-order chi connectivity index (χ0) is 16.2. The summed E-state index contributed by atoms with van der Waals surface area (Å²) in [4.78, 5) is 0. The summed E-state index contributed by atoms with van der Waals surface area (Å²) in [6, 6.07) is 0. The summed E-state index contributed by atoms with van der Waals surface area (Å²) >= 11 is 0. The van der Waals surface area contributed by atoms with Crippen LogP contribution in [0, 0.1) is 0 Å². The summed E-state index contributed by atoms with van der Waals surface area (Å²) in [5.74, 6) is -4.83. The lowest BCUT2D eigenvalue weighted by Crippen LogP contribution is -2.46. The highest BCUT2D eigenvalue weighted by atomic mass is 32.2. The number of hydrogen-bond acceptors (Lipinski definition) is 3. The largest absolute Gasteiger partial charge is 0.431 e. The third kappa shape index (κ3) is 5.02. The van der Waals surface area contributed by atoms with Gasteiger partial charge in [0.05, 0.1) is 6.10 Å². The van der Waals surface area contributed by atoms with Gasteiger partial charge < -0.3 is 4.74 Å². The zero-order valence-corrected chi connectivity index (χ0v) is 12.0. The molecule has 0 saturated heterocycles. The summed E-state index contributed by atoms with van der Waals surface area (Å²) in [6.07, 6.45) is -1.98. The van der Waals surface area contributed by atoms with Crippen LogP contribution in [0.2, 0.25) is 0 Å². The van der Waals surface area contributed by atoms with E-state index in [1.165, 1.54) is 0 Å². The van der Waals surface area contributed by atoms with Crippen molar-refractivity contribution in [2.24, 2.45) is 0 Å². The lowest BCUT2D eigenvalue weighted by Gasteiger charge is -2.23. The van der Waals surface area contributed by atoms with Gasteiger partial charge in [-0.2, -0.15) is 26.0 Å². The summed E-state index contributed by atoms with van der Waals surface area (Å²) in [6.45, 7) is 7.08. The fourth-order valence-corrected chi connectivity index (χ4v) is 1.67. The second-order valence-corrected chi connectivity index (χ2v) is 5.98. The van der Waals surface area contributed by atoms with E-state index in [4.69, 9.17) is 9.29 Å². The molecule has 1 unspecified atom stereocenters. The molecule has 0 bridgehead atoms. The number of halogens is 4. The number of hydrogen-bond donors (Lipinski definition) is 1. The van der Waals surface area contributed by atoms with E-state index in [1.54, 1.807) is 13.8 Å². The first-order valence-corrected chi connectivity index (χ1v) is 7.26. The molecule has 0 aliphatic rings. The Labute approximate surface area is 115 Å². The second-order valence-electron chi connectivity index (χ2n) is 4.51. The highest BCUT2D eigenvalue weighted by Crippen LogP contribution is 2.41. The van der Waals surface area contributed by atoms with Crippen LogP contribution in [0.15, 0.2) is 12.2 Å². The third-order valence-corrected chi connectivity index (χ3v) is 3.64. The Balaban J connectivity index is 4.29. The molecule has 0 rings (SSSR count). The predicted octanol–water partition coefficient (Wildman–Crippen LogP) is 3.25. The van der Waals surface area contributed by atoms with Crippen molar-refractivity contribution in [3.8, 4) is 0 Å². The molecule has 0 aliphatic carbocycles. The molecule has 0 aromatic rings. The Morgan fingerprint density at radius 2 is 1.80 bits per heavy atom. The Kier molecular flexibility index (Phi) is 6.63. The lowest BCUT2D eigenvalue weighted by molar-refractivity contribution is -0.165. The molecule has 120 valence electrons. The van der Waals surface area contributed by atoms with Crippen molar-refractivity contribution in [2.45, 2.75) is 50.4 Å². The molecule has 0 heterocycles. The summed E-state index contributed by atoms with van der Waals surface area (Å²) < 4.78 is 85.6. The van der Waals surface area contributed by atoms with Crippen LogP contribution >= 0.6 is 0 Å². The van der Waals surface area contributed by atoms with Crippen molar-refractivity contribution < 1.29 is 35.3 Å². The molecular formula is C11H18F4O4S. The van der Waals surface area contributed by atoms with Gasteiger partial charge in [-0.1, -0.05) is 12.2 Å². The van der Waals surface area contributed by atoms with Crippen LogP contribution in [-0.2, 0) is 14.9 Å². The molecule has 0 aliphatic heterocycles. The molecule has 0 aromatic heterocycles. The molecule has 1 atom stereocenters. The van der Waals surface area contributed by atoms with Gasteiger partial charge in [-0.25, -0.2) is 0 Å². The van der Waals surface area contributed by atoms with E-state index >= 15 is 0 Å². The average Bonchev–Trinajstić information content (AvgIpc) is 2.26. The van der Waals surface area contributed by atoms with Gasteiger partial charge in [0, 0.05) is 13.0 Å². The molecule has 0 amide bonds. The van der Waals surface area contributed by atoms with Crippen LogP contribution < -0.4 is 0 Å².